The molecule has 0 atom stereocenters. The standard InChI is InChI=1S/C17H16N2O2/c1-3-12-5-7-13(8-6-12)16-18-17(21-19-16)14-10-11(2)4-9-15(14)20/h4-10,20H,3H2,1-2H3. The smallest absolute Gasteiger partial charge is 0.262 e. The van der Waals surface area contributed by atoms with Crippen molar-refractivity contribution >= 4 is 0 Å². The number of hydrogen-bond donors (Lipinski definition) is 1. The number of aromatic hydroxyl groups is 1. The monoisotopic (exact) mass is 280 g/mol. The van der Waals surface area contributed by atoms with Crippen molar-refractivity contribution in [1.29, 1.82) is 0 Å². The topological polar surface area (TPSA) is 59.2 Å². The van der Waals surface area contributed by atoms with Crippen LogP contribution in [-0.2, 0) is 6.42 Å². The number of hydrogen-bond acceptors (Lipinski definition) is 4. The van der Waals surface area contributed by atoms with Gasteiger partial charge in [-0.15, -0.1) is 0 Å². The van der Waals surface area contributed by atoms with Gasteiger partial charge >= 0.3 is 0 Å². The average molecular weight is 280 g/mol. The van der Waals surface area contributed by atoms with E-state index in [1.165, 1.54) is 5.56 Å². The van der Waals surface area contributed by atoms with Crippen LogP contribution >= 0.6 is 0 Å². The summed E-state index contributed by atoms with van der Waals surface area (Å²) in [5.74, 6) is 0.983. The quantitative estimate of drug-likeness (QED) is 0.788. The highest BCUT2D eigenvalue weighted by Gasteiger charge is 2.14. The SMILES string of the molecule is CCc1ccc(-c2noc(-c3cc(C)ccc3O)n2)cc1. The molecule has 21 heavy (non-hydrogen) atoms. The van der Waals surface area contributed by atoms with Gasteiger partial charge in [0.05, 0.1) is 5.56 Å². The molecule has 3 rings (SSSR count). The number of nitrogens with zero attached hydrogens (tertiary/aromatic N) is 2. The number of benzene rings is 2. The summed E-state index contributed by atoms with van der Waals surface area (Å²) in [7, 11) is 0. The molecule has 1 N–H and O–H groups in total. The van der Waals surface area contributed by atoms with E-state index in [9.17, 15) is 5.11 Å². The summed E-state index contributed by atoms with van der Waals surface area (Å²) < 4.78 is 5.28. The molecular weight excluding hydrogens is 264 g/mol. The fourth-order valence-corrected chi connectivity index (χ4v) is 2.16. The molecule has 0 spiro atoms. The van der Waals surface area contributed by atoms with Crippen LogP contribution in [0.3, 0.4) is 0 Å². The molecule has 4 heteroatoms. The summed E-state index contributed by atoms with van der Waals surface area (Å²) in [6.07, 6.45) is 0.995. The maximum absolute atomic E-state index is 9.91. The number of rotatable bonds is 3. The minimum absolute atomic E-state index is 0.136. The summed E-state index contributed by atoms with van der Waals surface area (Å²) >= 11 is 0. The summed E-state index contributed by atoms with van der Waals surface area (Å²) in [6, 6.07) is 13.3. The van der Waals surface area contributed by atoms with Gasteiger partial charge in [0.2, 0.25) is 5.82 Å². The lowest BCUT2D eigenvalue weighted by Gasteiger charge is -2.00. The van der Waals surface area contributed by atoms with Crippen LogP contribution in [0.1, 0.15) is 18.1 Å². The van der Waals surface area contributed by atoms with E-state index in [-0.39, 0.29) is 5.75 Å². The molecule has 106 valence electrons. The summed E-state index contributed by atoms with van der Waals surface area (Å²) in [5.41, 5.74) is 3.74. The van der Waals surface area contributed by atoms with Crippen LogP contribution in [0.5, 0.6) is 5.75 Å². The van der Waals surface area contributed by atoms with Crippen molar-refractivity contribution in [3.8, 4) is 28.6 Å². The maximum Gasteiger partial charge on any atom is 0.262 e. The second-order valence-corrected chi connectivity index (χ2v) is 4.99. The van der Waals surface area contributed by atoms with Gasteiger partial charge in [-0.1, -0.05) is 48.0 Å². The minimum atomic E-state index is 0.136. The molecule has 4 nitrogen and oxygen atoms in total. The Labute approximate surface area is 123 Å². The molecule has 0 radical (unpaired) electrons. The molecule has 0 aliphatic rings. The molecule has 1 aromatic heterocycles. The second-order valence-electron chi connectivity index (χ2n) is 4.99. The van der Waals surface area contributed by atoms with Crippen molar-refractivity contribution in [3.05, 3.63) is 53.6 Å². The van der Waals surface area contributed by atoms with Crippen molar-refractivity contribution in [2.24, 2.45) is 0 Å². The Kier molecular flexibility index (Phi) is 3.44. The Balaban J connectivity index is 1.97. The Morgan fingerprint density at radius 2 is 1.86 bits per heavy atom. The molecule has 0 bridgehead atoms. The van der Waals surface area contributed by atoms with E-state index in [2.05, 4.69) is 29.2 Å². The molecule has 0 saturated carbocycles. The van der Waals surface area contributed by atoms with Gasteiger partial charge in [-0.3, -0.25) is 0 Å². The normalized spacial score (nSPS) is 10.8. The third-order valence-corrected chi connectivity index (χ3v) is 3.43. The van der Waals surface area contributed by atoms with Gasteiger partial charge in [0, 0.05) is 5.56 Å². The molecule has 0 amide bonds. The van der Waals surface area contributed by atoms with Gasteiger partial charge in [0.1, 0.15) is 5.75 Å². The highest BCUT2D eigenvalue weighted by Crippen LogP contribution is 2.30. The van der Waals surface area contributed by atoms with E-state index in [0.29, 0.717) is 17.3 Å². The molecular formula is C17H16N2O2. The van der Waals surface area contributed by atoms with E-state index >= 15 is 0 Å². The summed E-state index contributed by atoms with van der Waals surface area (Å²) in [4.78, 5) is 4.37. The summed E-state index contributed by atoms with van der Waals surface area (Å²) in [6.45, 7) is 4.06. The molecule has 0 aliphatic heterocycles. The third kappa shape index (κ3) is 2.65. The third-order valence-electron chi connectivity index (χ3n) is 3.43. The fraction of sp³-hybridized carbons (Fsp3) is 0.176. The fourth-order valence-electron chi connectivity index (χ4n) is 2.16. The molecule has 1 heterocycles. The molecule has 3 aromatic rings. The zero-order valence-electron chi connectivity index (χ0n) is 12.0. The first kappa shape index (κ1) is 13.4. The Bertz CT molecular complexity index is 761. The van der Waals surface area contributed by atoms with Crippen LogP contribution in [0.25, 0.3) is 22.8 Å². The predicted octanol–water partition coefficient (Wildman–Crippen LogP) is 3.98. The predicted molar refractivity (Wildman–Crippen MR) is 80.9 cm³/mol. The number of aryl methyl sites for hydroxylation is 2. The number of phenols is 1. The molecule has 0 unspecified atom stereocenters. The largest absolute Gasteiger partial charge is 0.507 e. The van der Waals surface area contributed by atoms with E-state index in [0.717, 1.165) is 17.5 Å². The van der Waals surface area contributed by atoms with Crippen LogP contribution in [0.2, 0.25) is 0 Å². The Morgan fingerprint density at radius 1 is 1.10 bits per heavy atom. The lowest BCUT2D eigenvalue weighted by atomic mass is 10.1. The van der Waals surface area contributed by atoms with E-state index in [1.807, 2.05) is 31.2 Å². The maximum atomic E-state index is 9.91. The molecule has 0 fully saturated rings. The van der Waals surface area contributed by atoms with Crippen LogP contribution in [0.15, 0.2) is 47.0 Å². The summed E-state index contributed by atoms with van der Waals surface area (Å²) in [5, 5.41) is 13.9. The van der Waals surface area contributed by atoms with Crippen molar-refractivity contribution in [2.75, 3.05) is 0 Å². The van der Waals surface area contributed by atoms with Gasteiger partial charge in [-0.05, 0) is 31.0 Å². The molecule has 0 saturated heterocycles. The lowest BCUT2D eigenvalue weighted by Crippen LogP contribution is -1.84. The minimum Gasteiger partial charge on any atom is -0.507 e. The Hall–Kier alpha value is -2.62. The average Bonchev–Trinajstić information content (AvgIpc) is 2.99. The van der Waals surface area contributed by atoms with Gasteiger partial charge in [0.15, 0.2) is 0 Å². The first-order valence-electron chi connectivity index (χ1n) is 6.90. The van der Waals surface area contributed by atoms with Crippen LogP contribution in [0.4, 0.5) is 0 Å². The van der Waals surface area contributed by atoms with Crippen molar-refractivity contribution in [3.63, 3.8) is 0 Å². The lowest BCUT2D eigenvalue weighted by molar-refractivity contribution is 0.425. The second kappa shape index (κ2) is 5.40. The first-order chi connectivity index (χ1) is 10.2. The molecule has 2 aromatic carbocycles. The van der Waals surface area contributed by atoms with Gasteiger partial charge in [-0.25, -0.2) is 0 Å². The van der Waals surface area contributed by atoms with Gasteiger partial charge in [0.25, 0.3) is 5.89 Å². The number of phenolic OH excluding ortho intramolecular Hbond substituents is 1. The Morgan fingerprint density at radius 3 is 2.57 bits per heavy atom. The van der Waals surface area contributed by atoms with E-state index < -0.39 is 0 Å². The zero-order valence-corrected chi connectivity index (χ0v) is 12.0. The van der Waals surface area contributed by atoms with Crippen molar-refractivity contribution < 1.29 is 9.63 Å². The van der Waals surface area contributed by atoms with Crippen molar-refractivity contribution in [2.45, 2.75) is 20.3 Å². The van der Waals surface area contributed by atoms with E-state index in [1.54, 1.807) is 6.07 Å². The van der Waals surface area contributed by atoms with Crippen molar-refractivity contribution in [1.82, 2.24) is 10.1 Å². The molecule has 0 aliphatic carbocycles. The van der Waals surface area contributed by atoms with Crippen LogP contribution in [0, 0.1) is 6.92 Å². The van der Waals surface area contributed by atoms with Crippen LogP contribution < -0.4 is 0 Å². The van der Waals surface area contributed by atoms with E-state index in [4.69, 9.17) is 4.52 Å². The highest BCUT2D eigenvalue weighted by atomic mass is 16.5. The highest BCUT2D eigenvalue weighted by molar-refractivity contribution is 5.65. The van der Waals surface area contributed by atoms with Gasteiger partial charge in [-0.2, -0.15) is 4.98 Å². The van der Waals surface area contributed by atoms with Gasteiger partial charge < -0.3 is 9.63 Å². The first-order valence-corrected chi connectivity index (χ1v) is 6.90. The van der Waals surface area contributed by atoms with Crippen LogP contribution in [-0.4, -0.2) is 15.2 Å². The zero-order chi connectivity index (χ0) is 14.8. The number of aromatic nitrogens is 2.